The monoisotopic (exact) mass is 232 g/mol. The molecule has 0 aliphatic rings. The summed E-state index contributed by atoms with van der Waals surface area (Å²) in [6.07, 6.45) is 1.03. The van der Waals surface area contributed by atoms with Gasteiger partial charge in [0.2, 0.25) is 0 Å². The van der Waals surface area contributed by atoms with Crippen molar-refractivity contribution in [1.82, 2.24) is 5.16 Å². The Morgan fingerprint density at radius 2 is 2.06 bits per heavy atom. The van der Waals surface area contributed by atoms with Crippen LogP contribution in [0.2, 0.25) is 0 Å². The average molecular weight is 232 g/mol. The number of aromatic nitrogens is 1. The maximum atomic E-state index is 5.57. The number of hydrogen-bond acceptors (Lipinski definition) is 4. The summed E-state index contributed by atoms with van der Waals surface area (Å²) in [5.74, 6) is 1.51. The van der Waals surface area contributed by atoms with E-state index in [9.17, 15) is 0 Å². The third kappa shape index (κ3) is 3.07. The van der Waals surface area contributed by atoms with Gasteiger partial charge < -0.3 is 15.0 Å². The highest BCUT2D eigenvalue weighted by molar-refractivity contribution is 5.27. The van der Waals surface area contributed by atoms with E-state index in [4.69, 9.17) is 15.0 Å². The lowest BCUT2D eigenvalue weighted by molar-refractivity contribution is 0.248. The van der Waals surface area contributed by atoms with Crippen molar-refractivity contribution in [3.05, 3.63) is 47.3 Å². The first-order valence-corrected chi connectivity index (χ1v) is 5.68. The average Bonchev–Trinajstić information content (AvgIpc) is 2.85. The van der Waals surface area contributed by atoms with Gasteiger partial charge in [-0.2, -0.15) is 0 Å². The summed E-state index contributed by atoms with van der Waals surface area (Å²) in [6.45, 7) is 2.88. The highest BCUT2D eigenvalue weighted by atomic mass is 16.5. The SMILES string of the molecule is CCc1ccc(OCc2cc(CN)no2)cc1. The summed E-state index contributed by atoms with van der Waals surface area (Å²) < 4.78 is 10.6. The smallest absolute Gasteiger partial charge is 0.174 e. The van der Waals surface area contributed by atoms with E-state index in [0.29, 0.717) is 18.9 Å². The number of nitrogens with two attached hydrogens (primary N) is 1. The Bertz CT molecular complexity index is 463. The molecule has 2 rings (SSSR count). The summed E-state index contributed by atoms with van der Waals surface area (Å²) in [6, 6.07) is 9.83. The molecule has 4 nitrogen and oxygen atoms in total. The number of benzene rings is 1. The van der Waals surface area contributed by atoms with E-state index in [1.807, 2.05) is 12.1 Å². The molecule has 0 aliphatic carbocycles. The number of ether oxygens (including phenoxy) is 1. The van der Waals surface area contributed by atoms with Crippen LogP contribution in [0.3, 0.4) is 0 Å². The summed E-state index contributed by atoms with van der Waals surface area (Å²) in [4.78, 5) is 0. The molecule has 1 aromatic carbocycles. The van der Waals surface area contributed by atoms with Crippen LogP contribution in [0.15, 0.2) is 34.9 Å². The number of aryl methyl sites for hydroxylation is 1. The van der Waals surface area contributed by atoms with Crippen molar-refractivity contribution in [2.24, 2.45) is 5.73 Å². The predicted molar refractivity (Wildman–Crippen MR) is 64.5 cm³/mol. The third-order valence-corrected chi connectivity index (χ3v) is 2.53. The Morgan fingerprint density at radius 3 is 2.65 bits per heavy atom. The normalized spacial score (nSPS) is 10.5. The lowest BCUT2D eigenvalue weighted by atomic mass is 10.2. The highest BCUT2D eigenvalue weighted by Gasteiger charge is 2.03. The molecule has 17 heavy (non-hydrogen) atoms. The van der Waals surface area contributed by atoms with E-state index in [1.165, 1.54) is 5.56 Å². The van der Waals surface area contributed by atoms with Gasteiger partial charge in [0.05, 0.1) is 5.69 Å². The van der Waals surface area contributed by atoms with Crippen molar-refractivity contribution < 1.29 is 9.26 Å². The lowest BCUT2D eigenvalue weighted by Crippen LogP contribution is -1.96. The molecule has 0 atom stereocenters. The second kappa shape index (κ2) is 5.50. The van der Waals surface area contributed by atoms with Crippen LogP contribution in [-0.4, -0.2) is 5.16 Å². The molecular formula is C13H16N2O2. The molecule has 0 aliphatic heterocycles. The van der Waals surface area contributed by atoms with Crippen LogP contribution in [-0.2, 0) is 19.6 Å². The first-order chi connectivity index (χ1) is 8.31. The Kier molecular flexibility index (Phi) is 3.77. The van der Waals surface area contributed by atoms with Crippen molar-refractivity contribution in [1.29, 1.82) is 0 Å². The molecule has 90 valence electrons. The third-order valence-electron chi connectivity index (χ3n) is 2.53. The molecule has 0 amide bonds. The molecule has 0 unspecified atom stereocenters. The largest absolute Gasteiger partial charge is 0.486 e. The minimum atomic E-state index is 0.373. The van der Waals surface area contributed by atoms with E-state index in [1.54, 1.807) is 6.07 Å². The fraction of sp³-hybridized carbons (Fsp3) is 0.308. The molecule has 0 saturated carbocycles. The van der Waals surface area contributed by atoms with Gasteiger partial charge >= 0.3 is 0 Å². The van der Waals surface area contributed by atoms with Gasteiger partial charge in [-0.25, -0.2) is 0 Å². The number of rotatable bonds is 5. The lowest BCUT2D eigenvalue weighted by Gasteiger charge is -2.04. The molecular weight excluding hydrogens is 216 g/mol. The molecule has 1 heterocycles. The van der Waals surface area contributed by atoms with Crippen LogP contribution < -0.4 is 10.5 Å². The van der Waals surface area contributed by atoms with Crippen LogP contribution in [0.4, 0.5) is 0 Å². The summed E-state index contributed by atoms with van der Waals surface area (Å²) in [5.41, 5.74) is 7.47. The molecule has 0 saturated heterocycles. The van der Waals surface area contributed by atoms with Crippen LogP contribution in [0.25, 0.3) is 0 Å². The molecule has 0 bridgehead atoms. The van der Waals surface area contributed by atoms with Crippen LogP contribution in [0.5, 0.6) is 5.75 Å². The van der Waals surface area contributed by atoms with Crippen molar-refractivity contribution in [3.63, 3.8) is 0 Å². The second-order valence-electron chi connectivity index (χ2n) is 3.77. The molecule has 0 spiro atoms. The molecule has 2 N–H and O–H groups in total. The Morgan fingerprint density at radius 1 is 1.29 bits per heavy atom. The predicted octanol–water partition coefficient (Wildman–Crippen LogP) is 2.27. The van der Waals surface area contributed by atoms with Crippen LogP contribution >= 0.6 is 0 Å². The zero-order chi connectivity index (χ0) is 12.1. The van der Waals surface area contributed by atoms with E-state index in [-0.39, 0.29) is 0 Å². The van der Waals surface area contributed by atoms with Crippen molar-refractivity contribution in [2.45, 2.75) is 26.5 Å². The zero-order valence-electron chi connectivity index (χ0n) is 9.85. The summed E-state index contributed by atoms with van der Waals surface area (Å²) in [7, 11) is 0. The van der Waals surface area contributed by atoms with E-state index in [2.05, 4.69) is 24.2 Å². The topological polar surface area (TPSA) is 61.3 Å². The van der Waals surface area contributed by atoms with Gasteiger partial charge in [0.25, 0.3) is 0 Å². The fourth-order valence-electron chi connectivity index (χ4n) is 1.50. The first-order valence-electron chi connectivity index (χ1n) is 5.68. The second-order valence-corrected chi connectivity index (χ2v) is 3.77. The molecule has 4 heteroatoms. The van der Waals surface area contributed by atoms with Crippen LogP contribution in [0.1, 0.15) is 23.9 Å². The summed E-state index contributed by atoms with van der Waals surface area (Å²) in [5, 5.41) is 3.79. The Balaban J connectivity index is 1.92. The fourth-order valence-corrected chi connectivity index (χ4v) is 1.50. The molecule has 0 fully saturated rings. The van der Waals surface area contributed by atoms with Gasteiger partial charge in [-0.15, -0.1) is 0 Å². The molecule has 2 aromatic rings. The van der Waals surface area contributed by atoms with E-state index in [0.717, 1.165) is 17.9 Å². The first kappa shape index (κ1) is 11.7. The van der Waals surface area contributed by atoms with Crippen molar-refractivity contribution in [2.75, 3.05) is 0 Å². The minimum Gasteiger partial charge on any atom is -0.486 e. The van der Waals surface area contributed by atoms with Gasteiger partial charge in [0, 0.05) is 12.6 Å². The van der Waals surface area contributed by atoms with E-state index < -0.39 is 0 Å². The van der Waals surface area contributed by atoms with Gasteiger partial charge in [0.15, 0.2) is 5.76 Å². The zero-order valence-corrected chi connectivity index (χ0v) is 9.85. The van der Waals surface area contributed by atoms with Crippen LogP contribution in [0, 0.1) is 0 Å². The molecule has 0 radical (unpaired) electrons. The highest BCUT2D eigenvalue weighted by Crippen LogP contribution is 2.14. The van der Waals surface area contributed by atoms with Gasteiger partial charge in [-0.1, -0.05) is 24.2 Å². The van der Waals surface area contributed by atoms with E-state index >= 15 is 0 Å². The standard InChI is InChI=1S/C13H16N2O2/c1-2-10-3-5-12(6-4-10)16-9-13-7-11(8-14)15-17-13/h3-7H,2,8-9,14H2,1H3. The summed E-state index contributed by atoms with van der Waals surface area (Å²) >= 11 is 0. The van der Waals surface area contributed by atoms with Gasteiger partial charge in [-0.3, -0.25) is 0 Å². The van der Waals surface area contributed by atoms with Gasteiger partial charge in [0.1, 0.15) is 12.4 Å². The van der Waals surface area contributed by atoms with Crippen molar-refractivity contribution >= 4 is 0 Å². The minimum absolute atomic E-state index is 0.373. The molecule has 1 aromatic heterocycles. The van der Waals surface area contributed by atoms with Gasteiger partial charge in [-0.05, 0) is 24.1 Å². The quantitative estimate of drug-likeness (QED) is 0.859. The maximum absolute atomic E-state index is 5.57. The number of nitrogens with zero attached hydrogens (tertiary/aromatic N) is 1. The Hall–Kier alpha value is -1.81. The Labute approximate surface area is 100 Å². The maximum Gasteiger partial charge on any atom is 0.174 e. The number of hydrogen-bond donors (Lipinski definition) is 1. The van der Waals surface area contributed by atoms with Crippen molar-refractivity contribution in [3.8, 4) is 5.75 Å².